The van der Waals surface area contributed by atoms with E-state index < -0.39 is 11.9 Å². The zero-order chi connectivity index (χ0) is 13.3. The molecule has 9 heteroatoms. The molecule has 2 rings (SSSR count). The number of nitrogens with one attached hydrogen (secondary N) is 1. The number of hydrogen-bond acceptors (Lipinski definition) is 5. The SMILES string of the molecule is CNc1cc(-n2ccc(C(F)(F)F)n2)nc(N)n1. The Morgan fingerprint density at radius 2 is 2.06 bits per heavy atom. The molecule has 18 heavy (non-hydrogen) atoms. The van der Waals surface area contributed by atoms with Crippen LogP contribution in [0.25, 0.3) is 5.82 Å². The van der Waals surface area contributed by atoms with E-state index in [2.05, 4.69) is 20.4 Å². The molecule has 2 heterocycles. The molecule has 2 aromatic rings. The molecule has 3 N–H and O–H groups in total. The number of nitrogens with zero attached hydrogens (tertiary/aromatic N) is 4. The van der Waals surface area contributed by atoms with Gasteiger partial charge in [0.25, 0.3) is 0 Å². The summed E-state index contributed by atoms with van der Waals surface area (Å²) >= 11 is 0. The number of halogens is 3. The first kappa shape index (κ1) is 12.1. The molecule has 0 spiro atoms. The summed E-state index contributed by atoms with van der Waals surface area (Å²) in [4.78, 5) is 7.63. The number of hydrogen-bond donors (Lipinski definition) is 2. The third kappa shape index (κ3) is 2.34. The standard InChI is InChI=1S/C9H9F3N6/c1-14-6-4-7(16-8(13)15-6)18-3-2-5(17-18)9(10,11)12/h2-4H,1H3,(H3,13,14,15,16). The van der Waals surface area contributed by atoms with E-state index in [1.165, 1.54) is 6.07 Å². The van der Waals surface area contributed by atoms with Crippen molar-refractivity contribution >= 4 is 11.8 Å². The Hall–Kier alpha value is -2.32. The van der Waals surface area contributed by atoms with Crippen molar-refractivity contribution < 1.29 is 13.2 Å². The zero-order valence-corrected chi connectivity index (χ0v) is 9.23. The highest BCUT2D eigenvalue weighted by molar-refractivity contribution is 5.44. The summed E-state index contributed by atoms with van der Waals surface area (Å²) in [6.45, 7) is 0. The molecule has 0 aromatic carbocycles. The van der Waals surface area contributed by atoms with Gasteiger partial charge >= 0.3 is 6.18 Å². The van der Waals surface area contributed by atoms with Crippen LogP contribution >= 0.6 is 0 Å². The Morgan fingerprint density at radius 3 is 2.61 bits per heavy atom. The normalized spacial score (nSPS) is 11.6. The van der Waals surface area contributed by atoms with E-state index >= 15 is 0 Å². The monoisotopic (exact) mass is 258 g/mol. The predicted molar refractivity (Wildman–Crippen MR) is 58.1 cm³/mol. The van der Waals surface area contributed by atoms with Gasteiger partial charge in [-0.15, -0.1) is 0 Å². The summed E-state index contributed by atoms with van der Waals surface area (Å²) in [5.41, 5.74) is 4.44. The molecule has 0 radical (unpaired) electrons. The maximum Gasteiger partial charge on any atom is 0.435 e. The van der Waals surface area contributed by atoms with Crippen molar-refractivity contribution in [1.82, 2.24) is 19.7 Å². The second kappa shape index (κ2) is 4.17. The predicted octanol–water partition coefficient (Wildman–Crippen LogP) is 1.30. The van der Waals surface area contributed by atoms with Crippen LogP contribution in [0.15, 0.2) is 18.3 Å². The van der Waals surface area contributed by atoms with E-state index in [1.54, 1.807) is 7.05 Å². The van der Waals surface area contributed by atoms with Crippen LogP contribution in [0.4, 0.5) is 24.9 Å². The van der Waals surface area contributed by atoms with Gasteiger partial charge in [-0.1, -0.05) is 0 Å². The third-order valence-corrected chi connectivity index (χ3v) is 2.10. The van der Waals surface area contributed by atoms with Gasteiger partial charge in [0, 0.05) is 19.3 Å². The van der Waals surface area contributed by atoms with Gasteiger partial charge in [-0.2, -0.15) is 28.2 Å². The molecule has 0 saturated carbocycles. The van der Waals surface area contributed by atoms with Crippen LogP contribution in [0, 0.1) is 0 Å². The van der Waals surface area contributed by atoms with Crippen molar-refractivity contribution in [3.8, 4) is 5.82 Å². The summed E-state index contributed by atoms with van der Waals surface area (Å²) in [6, 6.07) is 2.29. The van der Waals surface area contributed by atoms with Crippen molar-refractivity contribution in [2.24, 2.45) is 0 Å². The van der Waals surface area contributed by atoms with E-state index in [0.717, 1.165) is 16.9 Å². The first-order valence-electron chi connectivity index (χ1n) is 4.85. The molecule has 0 unspecified atom stereocenters. The Labute approximate surface area is 99.7 Å². The molecular weight excluding hydrogens is 249 g/mol. The van der Waals surface area contributed by atoms with E-state index in [0.29, 0.717) is 5.82 Å². The average molecular weight is 258 g/mol. The Kier molecular flexibility index (Phi) is 2.81. The second-order valence-electron chi connectivity index (χ2n) is 3.36. The summed E-state index contributed by atoms with van der Waals surface area (Å²) in [7, 11) is 1.61. The minimum atomic E-state index is -4.49. The number of alkyl halides is 3. The zero-order valence-electron chi connectivity index (χ0n) is 9.23. The third-order valence-electron chi connectivity index (χ3n) is 2.10. The van der Waals surface area contributed by atoms with Gasteiger partial charge in [0.1, 0.15) is 5.82 Å². The number of nitrogen functional groups attached to an aromatic ring is 1. The lowest BCUT2D eigenvalue weighted by atomic mass is 10.4. The lowest BCUT2D eigenvalue weighted by molar-refractivity contribution is -0.141. The van der Waals surface area contributed by atoms with E-state index in [4.69, 9.17) is 5.73 Å². The van der Waals surface area contributed by atoms with Gasteiger partial charge in [0.15, 0.2) is 11.5 Å². The van der Waals surface area contributed by atoms with Crippen molar-refractivity contribution in [1.29, 1.82) is 0 Å². The fraction of sp³-hybridized carbons (Fsp3) is 0.222. The van der Waals surface area contributed by atoms with Crippen LogP contribution in [0.1, 0.15) is 5.69 Å². The maximum absolute atomic E-state index is 12.4. The minimum Gasteiger partial charge on any atom is -0.373 e. The molecule has 96 valence electrons. The van der Waals surface area contributed by atoms with Crippen molar-refractivity contribution in [2.45, 2.75) is 6.18 Å². The fourth-order valence-corrected chi connectivity index (χ4v) is 1.30. The highest BCUT2D eigenvalue weighted by atomic mass is 19.4. The fourth-order valence-electron chi connectivity index (χ4n) is 1.30. The van der Waals surface area contributed by atoms with Gasteiger partial charge in [-0.3, -0.25) is 0 Å². The topological polar surface area (TPSA) is 81.7 Å². The van der Waals surface area contributed by atoms with Gasteiger partial charge in [-0.05, 0) is 6.07 Å². The summed E-state index contributed by atoms with van der Waals surface area (Å²) in [5, 5.41) is 6.11. The van der Waals surface area contributed by atoms with E-state index in [1.807, 2.05) is 0 Å². The van der Waals surface area contributed by atoms with Crippen LogP contribution < -0.4 is 11.1 Å². The summed E-state index contributed by atoms with van der Waals surface area (Å²) < 4.78 is 38.2. The van der Waals surface area contributed by atoms with Crippen LogP contribution in [0.3, 0.4) is 0 Å². The molecule has 0 aliphatic carbocycles. The lowest BCUT2D eigenvalue weighted by Gasteiger charge is -2.05. The largest absolute Gasteiger partial charge is 0.435 e. The van der Waals surface area contributed by atoms with Gasteiger partial charge < -0.3 is 11.1 Å². The molecule has 0 atom stereocenters. The van der Waals surface area contributed by atoms with Crippen LogP contribution in [-0.4, -0.2) is 26.8 Å². The molecule has 0 saturated heterocycles. The number of nitrogens with two attached hydrogens (primary N) is 1. The molecule has 0 aliphatic heterocycles. The van der Waals surface area contributed by atoms with Crippen molar-refractivity contribution in [3.63, 3.8) is 0 Å². The average Bonchev–Trinajstić information content (AvgIpc) is 2.77. The van der Waals surface area contributed by atoms with Gasteiger partial charge in [-0.25, -0.2) is 4.68 Å². The van der Waals surface area contributed by atoms with Crippen LogP contribution in [0.2, 0.25) is 0 Å². The quantitative estimate of drug-likeness (QED) is 0.848. The molecular formula is C9H9F3N6. The first-order valence-corrected chi connectivity index (χ1v) is 4.85. The summed E-state index contributed by atoms with van der Waals surface area (Å²) in [6.07, 6.45) is -3.33. The molecule has 6 nitrogen and oxygen atoms in total. The number of rotatable bonds is 2. The van der Waals surface area contributed by atoms with Crippen molar-refractivity contribution in [2.75, 3.05) is 18.1 Å². The second-order valence-corrected chi connectivity index (χ2v) is 3.36. The van der Waals surface area contributed by atoms with Gasteiger partial charge in [0.2, 0.25) is 5.95 Å². The molecule has 0 amide bonds. The molecule has 0 aliphatic rings. The van der Waals surface area contributed by atoms with Crippen molar-refractivity contribution in [3.05, 3.63) is 24.0 Å². The number of anilines is 2. The highest BCUT2D eigenvalue weighted by Crippen LogP contribution is 2.27. The first-order chi connectivity index (χ1) is 8.40. The molecule has 0 bridgehead atoms. The minimum absolute atomic E-state index is 0.0547. The number of aromatic nitrogens is 4. The molecule has 2 aromatic heterocycles. The lowest BCUT2D eigenvalue weighted by Crippen LogP contribution is -2.09. The van der Waals surface area contributed by atoms with E-state index in [-0.39, 0.29) is 11.8 Å². The van der Waals surface area contributed by atoms with Crippen LogP contribution in [0.5, 0.6) is 0 Å². The Morgan fingerprint density at radius 1 is 1.33 bits per heavy atom. The smallest absolute Gasteiger partial charge is 0.373 e. The van der Waals surface area contributed by atoms with E-state index in [9.17, 15) is 13.2 Å². The van der Waals surface area contributed by atoms with Gasteiger partial charge in [0.05, 0.1) is 0 Å². The summed E-state index contributed by atoms with van der Waals surface area (Å²) in [5.74, 6) is 0.491. The Bertz CT molecular complexity index is 562. The van der Waals surface area contributed by atoms with Crippen LogP contribution in [-0.2, 0) is 6.18 Å². The molecule has 0 fully saturated rings. The highest BCUT2D eigenvalue weighted by Gasteiger charge is 2.33. The Balaban J connectivity index is 2.43. The maximum atomic E-state index is 12.4.